The van der Waals surface area contributed by atoms with Crippen LogP contribution in [0, 0.1) is 5.92 Å². The zero-order chi connectivity index (χ0) is 18.0. The lowest BCUT2D eigenvalue weighted by Crippen LogP contribution is -2.40. The van der Waals surface area contributed by atoms with Gasteiger partial charge in [-0.15, -0.1) is 0 Å². The number of likely N-dealkylation sites (tertiary alicyclic amines) is 1. The molecule has 6 heteroatoms. The first-order chi connectivity index (χ1) is 12.0. The lowest BCUT2D eigenvalue weighted by Gasteiger charge is -2.37. The van der Waals surface area contributed by atoms with Gasteiger partial charge in [0.1, 0.15) is 5.82 Å². The Morgan fingerprint density at radius 1 is 1.40 bits per heavy atom. The molecule has 3 rings (SSSR count). The van der Waals surface area contributed by atoms with E-state index in [2.05, 4.69) is 39.7 Å². The maximum Gasteiger partial charge on any atom is 0.263 e. The highest BCUT2D eigenvalue weighted by molar-refractivity contribution is 9.10. The number of fused-ring (bicyclic) bond motifs is 1. The Morgan fingerprint density at radius 2 is 2.20 bits per heavy atom. The molecule has 0 bridgehead atoms. The minimum atomic E-state index is 0.0162. The van der Waals surface area contributed by atoms with E-state index >= 15 is 0 Å². The first-order valence-corrected chi connectivity index (χ1v) is 10.1. The summed E-state index contributed by atoms with van der Waals surface area (Å²) in [5, 5.41) is 0.585. The number of halogens is 1. The third-order valence-corrected chi connectivity index (χ3v) is 5.55. The van der Waals surface area contributed by atoms with Gasteiger partial charge in [0.05, 0.1) is 11.4 Å². The van der Waals surface area contributed by atoms with Gasteiger partial charge >= 0.3 is 0 Å². The molecule has 1 aliphatic rings. The fourth-order valence-electron chi connectivity index (χ4n) is 3.91. The van der Waals surface area contributed by atoms with Crippen molar-refractivity contribution >= 4 is 27.0 Å². The first-order valence-electron chi connectivity index (χ1n) is 9.35. The SMILES string of the molecule is CCC[C@@H](c1nc2ncc(Br)cc2c(=O)n1CC)N1CCC[C@@H](C)C1. The van der Waals surface area contributed by atoms with Crippen LogP contribution in [0.25, 0.3) is 11.0 Å². The largest absolute Gasteiger partial charge is 0.295 e. The van der Waals surface area contributed by atoms with E-state index in [9.17, 15) is 4.79 Å². The number of pyridine rings is 1. The number of aromatic nitrogens is 3. The first kappa shape index (κ1) is 18.5. The van der Waals surface area contributed by atoms with E-state index in [1.165, 1.54) is 12.8 Å². The van der Waals surface area contributed by atoms with Crippen LogP contribution in [0.3, 0.4) is 0 Å². The van der Waals surface area contributed by atoms with Crippen LogP contribution in [0.2, 0.25) is 0 Å². The quantitative estimate of drug-likeness (QED) is 0.748. The van der Waals surface area contributed by atoms with Crippen molar-refractivity contribution in [2.75, 3.05) is 13.1 Å². The molecular weight excluding hydrogens is 380 g/mol. The Kier molecular flexibility index (Phi) is 5.89. The van der Waals surface area contributed by atoms with Gasteiger partial charge in [0.2, 0.25) is 0 Å². The van der Waals surface area contributed by atoms with Gasteiger partial charge in [0.15, 0.2) is 5.65 Å². The van der Waals surface area contributed by atoms with E-state index in [-0.39, 0.29) is 11.6 Å². The summed E-state index contributed by atoms with van der Waals surface area (Å²) in [5.74, 6) is 1.58. The fraction of sp³-hybridized carbons (Fsp3) is 0.632. The molecule has 1 aliphatic heterocycles. The predicted octanol–water partition coefficient (Wildman–Crippen LogP) is 4.15. The van der Waals surface area contributed by atoms with Crippen LogP contribution in [-0.2, 0) is 6.54 Å². The van der Waals surface area contributed by atoms with Crippen molar-refractivity contribution < 1.29 is 0 Å². The second-order valence-electron chi connectivity index (χ2n) is 7.09. The van der Waals surface area contributed by atoms with Gasteiger partial charge in [-0.2, -0.15) is 0 Å². The van der Waals surface area contributed by atoms with Crippen LogP contribution in [0.1, 0.15) is 58.3 Å². The Morgan fingerprint density at radius 3 is 2.88 bits per heavy atom. The molecule has 2 aromatic heterocycles. The minimum Gasteiger partial charge on any atom is -0.295 e. The molecule has 3 heterocycles. The van der Waals surface area contributed by atoms with Gasteiger partial charge < -0.3 is 0 Å². The second kappa shape index (κ2) is 7.96. The monoisotopic (exact) mass is 406 g/mol. The number of piperidine rings is 1. The molecule has 136 valence electrons. The summed E-state index contributed by atoms with van der Waals surface area (Å²) >= 11 is 3.41. The number of hydrogen-bond donors (Lipinski definition) is 0. The van der Waals surface area contributed by atoms with Crippen LogP contribution in [0.4, 0.5) is 0 Å². The van der Waals surface area contributed by atoms with Crippen LogP contribution >= 0.6 is 15.9 Å². The molecule has 0 saturated carbocycles. The van der Waals surface area contributed by atoms with E-state index in [1.807, 2.05) is 17.6 Å². The molecule has 2 aromatic rings. The molecule has 5 nitrogen and oxygen atoms in total. The molecule has 2 atom stereocenters. The molecule has 1 saturated heterocycles. The van der Waals surface area contributed by atoms with Gasteiger partial charge in [-0.05, 0) is 60.6 Å². The summed E-state index contributed by atoms with van der Waals surface area (Å²) in [6.07, 6.45) is 6.31. The van der Waals surface area contributed by atoms with Gasteiger partial charge in [0.25, 0.3) is 5.56 Å². The zero-order valence-corrected chi connectivity index (χ0v) is 16.9. The van der Waals surface area contributed by atoms with E-state index in [0.717, 1.165) is 36.2 Å². The maximum absolute atomic E-state index is 13.0. The van der Waals surface area contributed by atoms with Gasteiger partial charge in [-0.3, -0.25) is 14.3 Å². The molecule has 25 heavy (non-hydrogen) atoms. The van der Waals surface area contributed by atoms with Crippen molar-refractivity contribution in [3.8, 4) is 0 Å². The van der Waals surface area contributed by atoms with Crippen LogP contribution in [0.5, 0.6) is 0 Å². The molecule has 0 aliphatic carbocycles. The summed E-state index contributed by atoms with van der Waals surface area (Å²) in [4.78, 5) is 24.8. The summed E-state index contributed by atoms with van der Waals surface area (Å²) < 4.78 is 2.65. The van der Waals surface area contributed by atoms with E-state index in [1.54, 1.807) is 6.20 Å². The highest BCUT2D eigenvalue weighted by Gasteiger charge is 2.28. The summed E-state index contributed by atoms with van der Waals surface area (Å²) in [7, 11) is 0. The number of nitrogens with zero attached hydrogens (tertiary/aromatic N) is 4. The standard InChI is InChI=1S/C19H27BrN4O/c1-4-7-16(23-9-6-8-13(3)12-23)18-22-17-15(10-14(20)11-21-17)19(25)24(18)5-2/h10-11,13,16H,4-9,12H2,1-3H3/t13-,16+/m1/s1. The van der Waals surface area contributed by atoms with Gasteiger partial charge in [-0.1, -0.05) is 20.3 Å². The van der Waals surface area contributed by atoms with Crippen LogP contribution in [-0.4, -0.2) is 32.5 Å². The molecule has 0 amide bonds. The molecule has 0 spiro atoms. The normalized spacial score (nSPS) is 20.1. The Hall–Kier alpha value is -1.27. The molecule has 1 fully saturated rings. The van der Waals surface area contributed by atoms with Crippen molar-refractivity contribution in [1.82, 2.24) is 19.4 Å². The molecule has 0 N–H and O–H groups in total. The predicted molar refractivity (Wildman–Crippen MR) is 105 cm³/mol. The van der Waals surface area contributed by atoms with Crippen molar-refractivity contribution in [3.05, 3.63) is 32.9 Å². The Labute approximate surface area is 157 Å². The second-order valence-corrected chi connectivity index (χ2v) is 8.01. The summed E-state index contributed by atoms with van der Waals surface area (Å²) in [5.41, 5.74) is 0.571. The number of hydrogen-bond acceptors (Lipinski definition) is 4. The van der Waals surface area contributed by atoms with Crippen molar-refractivity contribution in [3.63, 3.8) is 0 Å². The highest BCUT2D eigenvalue weighted by Crippen LogP contribution is 2.29. The third kappa shape index (κ3) is 3.80. The molecule has 0 unspecified atom stereocenters. The van der Waals surface area contributed by atoms with Gasteiger partial charge in [0, 0.05) is 23.8 Å². The van der Waals surface area contributed by atoms with E-state index in [4.69, 9.17) is 4.98 Å². The van der Waals surface area contributed by atoms with E-state index in [0.29, 0.717) is 23.5 Å². The third-order valence-electron chi connectivity index (χ3n) is 5.11. The van der Waals surface area contributed by atoms with Crippen molar-refractivity contribution in [2.24, 2.45) is 5.92 Å². The molecular formula is C19H27BrN4O. The average Bonchev–Trinajstić information content (AvgIpc) is 2.60. The Bertz CT molecular complexity index is 804. The maximum atomic E-state index is 13.0. The van der Waals surface area contributed by atoms with Gasteiger partial charge in [-0.25, -0.2) is 9.97 Å². The zero-order valence-electron chi connectivity index (χ0n) is 15.3. The lowest BCUT2D eigenvalue weighted by atomic mass is 9.97. The molecule has 0 aromatic carbocycles. The van der Waals surface area contributed by atoms with E-state index < -0.39 is 0 Å². The van der Waals surface area contributed by atoms with Crippen molar-refractivity contribution in [1.29, 1.82) is 0 Å². The lowest BCUT2D eigenvalue weighted by molar-refractivity contribution is 0.114. The van der Waals surface area contributed by atoms with Crippen LogP contribution < -0.4 is 5.56 Å². The van der Waals surface area contributed by atoms with Crippen LogP contribution in [0.15, 0.2) is 21.5 Å². The highest BCUT2D eigenvalue weighted by atomic mass is 79.9. The molecule has 0 radical (unpaired) electrons. The smallest absolute Gasteiger partial charge is 0.263 e. The summed E-state index contributed by atoms with van der Waals surface area (Å²) in [6, 6.07) is 2.01. The van der Waals surface area contributed by atoms with Crippen molar-refractivity contribution in [2.45, 2.75) is 59.0 Å². The summed E-state index contributed by atoms with van der Waals surface area (Å²) in [6.45, 7) is 9.33. The Balaban J connectivity index is 2.13. The minimum absolute atomic E-state index is 0.0162. The fourth-order valence-corrected chi connectivity index (χ4v) is 4.25. The topological polar surface area (TPSA) is 51.0 Å². The average molecular weight is 407 g/mol. The number of rotatable bonds is 5.